The van der Waals surface area contributed by atoms with Crippen LogP contribution in [0.2, 0.25) is 0 Å². The normalized spacial score (nSPS) is 11.6. The van der Waals surface area contributed by atoms with E-state index in [0.717, 1.165) is 11.3 Å². The number of anilines is 1. The van der Waals surface area contributed by atoms with Gasteiger partial charge in [0.15, 0.2) is 0 Å². The summed E-state index contributed by atoms with van der Waals surface area (Å²) in [5.41, 5.74) is 3.13. The second-order valence-corrected chi connectivity index (χ2v) is 12.1. The Hall–Kier alpha value is -4.10. The third-order valence-corrected chi connectivity index (χ3v) is 8.08. The molecule has 0 aliphatic heterocycles. The maximum Gasteiger partial charge on any atom is 0.264 e. The van der Waals surface area contributed by atoms with Crippen molar-refractivity contribution in [2.75, 3.05) is 17.5 Å². The van der Waals surface area contributed by atoms with Crippen LogP contribution in [0.1, 0.15) is 42.3 Å². The number of amides is 1. The molecule has 39 heavy (non-hydrogen) atoms. The van der Waals surface area contributed by atoms with Gasteiger partial charge in [-0.25, -0.2) is 8.42 Å². The molecule has 0 aromatic heterocycles. The topological polar surface area (TPSA) is 75.7 Å². The number of para-hydroxylation sites is 1. The molecule has 0 saturated heterocycles. The van der Waals surface area contributed by atoms with Crippen molar-refractivity contribution in [3.8, 4) is 5.75 Å². The minimum Gasteiger partial charge on any atom is -0.492 e. The standard InChI is InChI=1S/C32H34N2O4S/c1-32(2,3)27-18-20-29(21-19-27)38-23-22-33-31(35)26-16-14-25(15-17-26)24-34(28-10-6-4-7-11-28)39(36,37)30-12-8-5-9-13-30/h4-21H,22-24H2,1-3H3,(H,33,35). The lowest BCUT2D eigenvalue weighted by atomic mass is 9.87. The Morgan fingerprint density at radius 1 is 0.795 bits per heavy atom. The molecule has 0 aliphatic rings. The molecular weight excluding hydrogens is 508 g/mol. The highest BCUT2D eigenvalue weighted by molar-refractivity contribution is 7.92. The molecule has 0 unspecified atom stereocenters. The fourth-order valence-corrected chi connectivity index (χ4v) is 5.52. The van der Waals surface area contributed by atoms with Crippen LogP contribution >= 0.6 is 0 Å². The molecule has 0 atom stereocenters. The van der Waals surface area contributed by atoms with E-state index in [9.17, 15) is 13.2 Å². The van der Waals surface area contributed by atoms with Crippen molar-refractivity contribution in [1.82, 2.24) is 5.32 Å². The van der Waals surface area contributed by atoms with Crippen LogP contribution < -0.4 is 14.4 Å². The van der Waals surface area contributed by atoms with E-state index in [2.05, 4.69) is 38.2 Å². The van der Waals surface area contributed by atoms with Gasteiger partial charge in [0.1, 0.15) is 12.4 Å². The quantitative estimate of drug-likeness (QED) is 0.243. The van der Waals surface area contributed by atoms with E-state index in [1.165, 1.54) is 9.87 Å². The fourth-order valence-electron chi connectivity index (χ4n) is 4.04. The van der Waals surface area contributed by atoms with Crippen molar-refractivity contribution in [2.24, 2.45) is 0 Å². The van der Waals surface area contributed by atoms with Gasteiger partial charge in [-0.3, -0.25) is 9.10 Å². The summed E-state index contributed by atoms with van der Waals surface area (Å²) in [5, 5.41) is 2.87. The molecule has 4 aromatic rings. The van der Waals surface area contributed by atoms with Crippen LogP contribution in [0.4, 0.5) is 5.69 Å². The molecule has 202 valence electrons. The second kappa shape index (κ2) is 12.2. The van der Waals surface area contributed by atoms with E-state index in [-0.39, 0.29) is 22.8 Å². The van der Waals surface area contributed by atoms with Crippen molar-refractivity contribution in [1.29, 1.82) is 0 Å². The first-order valence-corrected chi connectivity index (χ1v) is 14.3. The Balaban J connectivity index is 1.36. The van der Waals surface area contributed by atoms with Crippen LogP contribution in [-0.4, -0.2) is 27.5 Å². The average molecular weight is 543 g/mol. The zero-order valence-electron chi connectivity index (χ0n) is 22.5. The smallest absolute Gasteiger partial charge is 0.264 e. The number of ether oxygens (including phenoxy) is 1. The number of nitrogens with zero attached hydrogens (tertiary/aromatic N) is 1. The minimum absolute atomic E-state index is 0.0814. The fraction of sp³-hybridized carbons (Fsp3) is 0.219. The van der Waals surface area contributed by atoms with Gasteiger partial charge in [-0.1, -0.05) is 81.4 Å². The number of hydrogen-bond donors (Lipinski definition) is 1. The molecule has 1 N–H and O–H groups in total. The molecule has 0 heterocycles. The molecule has 0 aliphatic carbocycles. The van der Waals surface area contributed by atoms with Gasteiger partial charge in [-0.05, 0) is 65.1 Å². The third-order valence-electron chi connectivity index (χ3n) is 6.29. The van der Waals surface area contributed by atoms with Gasteiger partial charge < -0.3 is 10.1 Å². The van der Waals surface area contributed by atoms with E-state index < -0.39 is 10.0 Å². The SMILES string of the molecule is CC(C)(C)c1ccc(OCCNC(=O)c2ccc(CN(c3ccccc3)S(=O)(=O)c3ccccc3)cc2)cc1. The first kappa shape index (κ1) is 27.9. The van der Waals surface area contributed by atoms with Crippen LogP contribution in [0.3, 0.4) is 0 Å². The summed E-state index contributed by atoms with van der Waals surface area (Å²) in [5.74, 6) is 0.542. The second-order valence-electron chi connectivity index (χ2n) is 10.2. The number of sulfonamides is 1. The summed E-state index contributed by atoms with van der Waals surface area (Å²) in [6.45, 7) is 7.33. The number of nitrogens with one attached hydrogen (secondary N) is 1. The average Bonchev–Trinajstić information content (AvgIpc) is 2.95. The number of rotatable bonds is 10. The highest BCUT2D eigenvalue weighted by atomic mass is 32.2. The molecule has 0 bridgehead atoms. The summed E-state index contributed by atoms with van der Waals surface area (Å²) < 4.78 is 34.1. The monoisotopic (exact) mass is 542 g/mol. The van der Waals surface area contributed by atoms with Crippen molar-refractivity contribution < 1.29 is 17.9 Å². The van der Waals surface area contributed by atoms with E-state index in [4.69, 9.17) is 4.74 Å². The number of carbonyl (C=O) groups is 1. The largest absolute Gasteiger partial charge is 0.492 e. The maximum atomic E-state index is 13.5. The van der Waals surface area contributed by atoms with Crippen LogP contribution in [0.5, 0.6) is 5.75 Å². The minimum atomic E-state index is -3.79. The highest BCUT2D eigenvalue weighted by Crippen LogP contribution is 2.26. The van der Waals surface area contributed by atoms with Crippen molar-refractivity contribution in [2.45, 2.75) is 37.6 Å². The number of benzene rings is 4. The maximum absolute atomic E-state index is 13.5. The summed E-state index contributed by atoms with van der Waals surface area (Å²) in [6.07, 6.45) is 0. The molecule has 0 spiro atoms. The third kappa shape index (κ3) is 7.27. The van der Waals surface area contributed by atoms with Crippen LogP contribution in [0, 0.1) is 0 Å². The molecule has 6 nitrogen and oxygen atoms in total. The molecule has 0 radical (unpaired) electrons. The molecular formula is C32H34N2O4S. The zero-order valence-corrected chi connectivity index (χ0v) is 23.3. The number of carbonyl (C=O) groups excluding carboxylic acids is 1. The van der Waals surface area contributed by atoms with Gasteiger partial charge in [-0.15, -0.1) is 0 Å². The molecule has 4 rings (SSSR count). The Labute approximate surface area is 231 Å². The van der Waals surface area contributed by atoms with Crippen LogP contribution in [0.15, 0.2) is 114 Å². The summed E-state index contributed by atoms with van der Waals surface area (Å²) in [7, 11) is -3.79. The predicted octanol–water partition coefficient (Wildman–Crippen LogP) is 6.19. The van der Waals surface area contributed by atoms with Crippen LogP contribution in [-0.2, 0) is 22.0 Å². The molecule has 0 fully saturated rings. The van der Waals surface area contributed by atoms with Gasteiger partial charge in [0.25, 0.3) is 15.9 Å². The Morgan fingerprint density at radius 2 is 1.38 bits per heavy atom. The van der Waals surface area contributed by atoms with Gasteiger partial charge in [0, 0.05) is 5.56 Å². The zero-order chi connectivity index (χ0) is 27.9. The first-order chi connectivity index (χ1) is 18.6. The van der Waals surface area contributed by atoms with E-state index in [1.807, 2.05) is 18.2 Å². The van der Waals surface area contributed by atoms with E-state index in [0.29, 0.717) is 24.4 Å². The predicted molar refractivity (Wildman–Crippen MR) is 156 cm³/mol. The molecule has 7 heteroatoms. The lowest BCUT2D eigenvalue weighted by Crippen LogP contribution is -2.30. The summed E-state index contributed by atoms with van der Waals surface area (Å²) in [4.78, 5) is 12.9. The van der Waals surface area contributed by atoms with Crippen molar-refractivity contribution in [3.63, 3.8) is 0 Å². The molecule has 4 aromatic carbocycles. The Bertz CT molecular complexity index is 1460. The Kier molecular flexibility index (Phi) is 8.72. The summed E-state index contributed by atoms with van der Waals surface area (Å²) in [6, 6.07) is 32.3. The van der Waals surface area contributed by atoms with E-state index in [1.54, 1.807) is 78.9 Å². The lowest BCUT2D eigenvalue weighted by molar-refractivity contribution is 0.0947. The van der Waals surface area contributed by atoms with Crippen molar-refractivity contribution in [3.05, 3.63) is 126 Å². The van der Waals surface area contributed by atoms with Crippen LogP contribution in [0.25, 0.3) is 0 Å². The molecule has 0 saturated carbocycles. The van der Waals surface area contributed by atoms with Gasteiger partial charge in [0.05, 0.1) is 23.7 Å². The Morgan fingerprint density at radius 3 is 1.97 bits per heavy atom. The van der Waals surface area contributed by atoms with Gasteiger partial charge >= 0.3 is 0 Å². The van der Waals surface area contributed by atoms with E-state index >= 15 is 0 Å². The van der Waals surface area contributed by atoms with Gasteiger partial charge in [-0.2, -0.15) is 0 Å². The lowest BCUT2D eigenvalue weighted by Gasteiger charge is -2.25. The number of hydrogen-bond acceptors (Lipinski definition) is 4. The highest BCUT2D eigenvalue weighted by Gasteiger charge is 2.25. The summed E-state index contributed by atoms with van der Waals surface area (Å²) >= 11 is 0. The van der Waals surface area contributed by atoms with Gasteiger partial charge in [0.2, 0.25) is 0 Å². The molecule has 1 amide bonds. The first-order valence-electron chi connectivity index (χ1n) is 12.9. The van der Waals surface area contributed by atoms with Crippen molar-refractivity contribution >= 4 is 21.6 Å².